The largest absolute Gasteiger partial charge is 0.379 e. The molecule has 188 valence electrons. The van der Waals surface area contributed by atoms with Crippen molar-refractivity contribution in [3.05, 3.63) is 0 Å². The topological polar surface area (TPSA) is 27.7 Å². The van der Waals surface area contributed by atoms with Crippen LogP contribution in [0.25, 0.3) is 0 Å². The molecular formula is C28H58O3. The van der Waals surface area contributed by atoms with E-state index in [0.717, 1.165) is 19.8 Å². The van der Waals surface area contributed by atoms with Gasteiger partial charge in [0, 0.05) is 19.8 Å². The molecule has 0 amide bonds. The van der Waals surface area contributed by atoms with Crippen molar-refractivity contribution in [1.82, 2.24) is 0 Å². The molecule has 0 aromatic rings. The Labute approximate surface area is 196 Å². The smallest absolute Gasteiger partial charge is 0.104 e. The summed E-state index contributed by atoms with van der Waals surface area (Å²) in [6, 6.07) is 0. The Morgan fingerprint density at radius 3 is 1.06 bits per heavy atom. The summed E-state index contributed by atoms with van der Waals surface area (Å²) in [7, 11) is 0. The molecule has 0 aliphatic heterocycles. The van der Waals surface area contributed by atoms with Crippen LogP contribution in [0.4, 0.5) is 0 Å². The van der Waals surface area contributed by atoms with Gasteiger partial charge in [-0.2, -0.15) is 0 Å². The molecule has 0 rings (SSSR count). The maximum atomic E-state index is 5.86. The highest BCUT2D eigenvalue weighted by atomic mass is 16.6. The molecule has 0 saturated carbocycles. The third kappa shape index (κ3) is 26.0. The average molecular weight is 443 g/mol. The second-order valence-electron chi connectivity index (χ2n) is 9.24. The first-order chi connectivity index (χ1) is 15.3. The van der Waals surface area contributed by atoms with E-state index in [9.17, 15) is 0 Å². The van der Waals surface area contributed by atoms with Crippen molar-refractivity contribution in [3.8, 4) is 0 Å². The first-order valence-corrected chi connectivity index (χ1v) is 14.1. The number of hydrogen-bond acceptors (Lipinski definition) is 3. The highest BCUT2D eigenvalue weighted by molar-refractivity contribution is 4.56. The number of ether oxygens (including phenoxy) is 3. The van der Waals surface area contributed by atoms with E-state index < -0.39 is 0 Å². The van der Waals surface area contributed by atoms with E-state index in [2.05, 4.69) is 13.8 Å². The zero-order valence-electron chi connectivity index (χ0n) is 21.8. The summed E-state index contributed by atoms with van der Waals surface area (Å²) in [4.78, 5) is 0. The van der Waals surface area contributed by atoms with Crippen molar-refractivity contribution in [2.45, 2.75) is 149 Å². The van der Waals surface area contributed by atoms with Crippen LogP contribution in [0.5, 0.6) is 0 Å². The molecule has 3 nitrogen and oxygen atoms in total. The fraction of sp³-hybridized carbons (Fsp3) is 1.00. The standard InChI is InChI=1S/C28H58O3/c1-4-7-9-11-12-13-14-15-16-17-18-19-21-23-25-30-27-28(31-6-3)26-29-24-22-20-10-8-5-2/h28H,4-27H2,1-3H3. The molecule has 0 aromatic heterocycles. The summed E-state index contributed by atoms with van der Waals surface area (Å²) in [6.07, 6.45) is 26.0. The van der Waals surface area contributed by atoms with Gasteiger partial charge in [0.25, 0.3) is 0 Å². The van der Waals surface area contributed by atoms with Crippen LogP contribution in [-0.4, -0.2) is 39.1 Å². The minimum atomic E-state index is 0.0901. The van der Waals surface area contributed by atoms with Gasteiger partial charge in [-0.1, -0.05) is 123 Å². The third-order valence-electron chi connectivity index (χ3n) is 6.04. The van der Waals surface area contributed by atoms with E-state index in [0.29, 0.717) is 13.2 Å². The van der Waals surface area contributed by atoms with E-state index in [1.807, 2.05) is 6.92 Å². The van der Waals surface area contributed by atoms with Gasteiger partial charge in [0.2, 0.25) is 0 Å². The summed E-state index contributed by atoms with van der Waals surface area (Å²) in [6.45, 7) is 10.4. The molecular weight excluding hydrogens is 384 g/mol. The van der Waals surface area contributed by atoms with Crippen LogP contribution < -0.4 is 0 Å². The molecule has 0 N–H and O–H groups in total. The molecule has 3 heteroatoms. The molecule has 0 saturated heterocycles. The summed E-state index contributed by atoms with van der Waals surface area (Å²) >= 11 is 0. The van der Waals surface area contributed by atoms with Gasteiger partial charge in [-0.3, -0.25) is 0 Å². The first-order valence-electron chi connectivity index (χ1n) is 14.1. The predicted octanol–water partition coefficient (Wildman–Crippen LogP) is 8.88. The lowest BCUT2D eigenvalue weighted by atomic mass is 10.0. The maximum absolute atomic E-state index is 5.86. The Hall–Kier alpha value is -0.120. The Bertz CT molecular complexity index is 309. The molecule has 0 aliphatic rings. The monoisotopic (exact) mass is 442 g/mol. The molecule has 0 radical (unpaired) electrons. The Morgan fingerprint density at radius 1 is 0.419 bits per heavy atom. The van der Waals surface area contributed by atoms with Gasteiger partial charge in [0.1, 0.15) is 6.10 Å². The Kier molecular flexibility index (Phi) is 27.8. The fourth-order valence-electron chi connectivity index (χ4n) is 4.02. The van der Waals surface area contributed by atoms with Gasteiger partial charge >= 0.3 is 0 Å². The van der Waals surface area contributed by atoms with Crippen molar-refractivity contribution >= 4 is 0 Å². The normalized spacial score (nSPS) is 12.5. The number of hydrogen-bond donors (Lipinski definition) is 0. The quantitative estimate of drug-likeness (QED) is 0.119. The molecule has 0 fully saturated rings. The van der Waals surface area contributed by atoms with Crippen LogP contribution in [0.3, 0.4) is 0 Å². The van der Waals surface area contributed by atoms with Crippen LogP contribution in [0.2, 0.25) is 0 Å². The Morgan fingerprint density at radius 2 is 0.742 bits per heavy atom. The number of rotatable bonds is 27. The molecule has 0 spiro atoms. The lowest BCUT2D eigenvalue weighted by Gasteiger charge is -2.17. The fourth-order valence-corrected chi connectivity index (χ4v) is 4.02. The highest BCUT2D eigenvalue weighted by Crippen LogP contribution is 2.13. The predicted molar refractivity (Wildman–Crippen MR) is 136 cm³/mol. The van der Waals surface area contributed by atoms with Gasteiger partial charge < -0.3 is 14.2 Å². The molecule has 0 heterocycles. The molecule has 1 atom stereocenters. The van der Waals surface area contributed by atoms with Crippen molar-refractivity contribution in [2.24, 2.45) is 0 Å². The SMILES string of the molecule is CCCCCCCCCCCCCCCCOCC(COCCCCCCC)OCC. The summed E-state index contributed by atoms with van der Waals surface area (Å²) in [5.74, 6) is 0. The van der Waals surface area contributed by atoms with Gasteiger partial charge in [-0.05, 0) is 19.8 Å². The van der Waals surface area contributed by atoms with Crippen LogP contribution in [0.15, 0.2) is 0 Å². The van der Waals surface area contributed by atoms with Crippen LogP contribution in [0, 0.1) is 0 Å². The van der Waals surface area contributed by atoms with Crippen molar-refractivity contribution < 1.29 is 14.2 Å². The minimum Gasteiger partial charge on any atom is -0.379 e. The van der Waals surface area contributed by atoms with E-state index in [-0.39, 0.29) is 6.10 Å². The molecule has 0 bridgehead atoms. The molecule has 31 heavy (non-hydrogen) atoms. The van der Waals surface area contributed by atoms with Gasteiger partial charge in [0.15, 0.2) is 0 Å². The van der Waals surface area contributed by atoms with Crippen molar-refractivity contribution in [3.63, 3.8) is 0 Å². The van der Waals surface area contributed by atoms with Gasteiger partial charge in [-0.25, -0.2) is 0 Å². The Balaban J connectivity index is 3.33. The van der Waals surface area contributed by atoms with Crippen molar-refractivity contribution in [2.75, 3.05) is 33.0 Å². The molecule has 0 aromatic carbocycles. The second-order valence-corrected chi connectivity index (χ2v) is 9.24. The highest BCUT2D eigenvalue weighted by Gasteiger charge is 2.09. The van der Waals surface area contributed by atoms with E-state index in [4.69, 9.17) is 14.2 Å². The molecule has 1 unspecified atom stereocenters. The molecule has 0 aliphatic carbocycles. The van der Waals surface area contributed by atoms with Crippen LogP contribution in [-0.2, 0) is 14.2 Å². The lowest BCUT2D eigenvalue weighted by Crippen LogP contribution is -2.26. The third-order valence-corrected chi connectivity index (χ3v) is 6.04. The zero-order valence-corrected chi connectivity index (χ0v) is 21.8. The van der Waals surface area contributed by atoms with E-state index in [1.165, 1.54) is 122 Å². The van der Waals surface area contributed by atoms with Gasteiger partial charge in [-0.15, -0.1) is 0 Å². The number of unbranched alkanes of at least 4 members (excludes halogenated alkanes) is 17. The van der Waals surface area contributed by atoms with Crippen LogP contribution >= 0.6 is 0 Å². The summed E-state index contributed by atoms with van der Waals surface area (Å²) in [5, 5.41) is 0. The lowest BCUT2D eigenvalue weighted by molar-refractivity contribution is -0.0571. The first kappa shape index (κ1) is 30.9. The summed E-state index contributed by atoms with van der Waals surface area (Å²) < 4.78 is 17.4. The second kappa shape index (κ2) is 27.9. The maximum Gasteiger partial charge on any atom is 0.104 e. The van der Waals surface area contributed by atoms with Gasteiger partial charge in [0.05, 0.1) is 13.2 Å². The summed E-state index contributed by atoms with van der Waals surface area (Å²) in [5.41, 5.74) is 0. The van der Waals surface area contributed by atoms with E-state index in [1.54, 1.807) is 0 Å². The zero-order chi connectivity index (χ0) is 22.7. The average Bonchev–Trinajstić information content (AvgIpc) is 2.78. The minimum absolute atomic E-state index is 0.0901. The van der Waals surface area contributed by atoms with E-state index >= 15 is 0 Å². The van der Waals surface area contributed by atoms with Crippen molar-refractivity contribution in [1.29, 1.82) is 0 Å². The van der Waals surface area contributed by atoms with Crippen LogP contribution in [0.1, 0.15) is 143 Å².